The molecule has 0 aliphatic heterocycles. The number of rotatable bonds is 8. The molecule has 1 rings (SSSR count). The fraction of sp³-hybridized carbons (Fsp3) is 0.500. The van der Waals surface area contributed by atoms with Crippen molar-refractivity contribution in [2.75, 3.05) is 23.7 Å². The highest BCUT2D eigenvalue weighted by Crippen LogP contribution is 2.13. The van der Waals surface area contributed by atoms with Crippen LogP contribution >= 0.6 is 0 Å². The number of amides is 3. The van der Waals surface area contributed by atoms with Gasteiger partial charge >= 0.3 is 0 Å². The molecule has 0 radical (unpaired) electrons. The van der Waals surface area contributed by atoms with E-state index in [1.807, 2.05) is 20.8 Å². The Morgan fingerprint density at radius 2 is 1.52 bits per heavy atom. The van der Waals surface area contributed by atoms with E-state index in [1.54, 1.807) is 36.1 Å². The minimum Gasteiger partial charge on any atom is -0.353 e. The Labute approximate surface area is 149 Å². The summed E-state index contributed by atoms with van der Waals surface area (Å²) in [6.45, 7) is 9.64. The van der Waals surface area contributed by atoms with Crippen LogP contribution in [-0.4, -0.2) is 47.8 Å². The molecule has 7 nitrogen and oxygen atoms in total. The summed E-state index contributed by atoms with van der Waals surface area (Å²) in [5, 5.41) is 8.32. The minimum absolute atomic E-state index is 0.0598. The van der Waals surface area contributed by atoms with Gasteiger partial charge in [0.1, 0.15) is 0 Å². The molecule has 1 aromatic rings. The largest absolute Gasteiger partial charge is 0.353 e. The van der Waals surface area contributed by atoms with Crippen LogP contribution in [0.15, 0.2) is 24.3 Å². The summed E-state index contributed by atoms with van der Waals surface area (Å²) in [7, 11) is 0. The molecule has 0 saturated carbocycles. The summed E-state index contributed by atoms with van der Waals surface area (Å²) in [6, 6.07) is 6.54. The first-order valence-electron chi connectivity index (χ1n) is 8.44. The molecule has 3 amide bonds. The van der Waals surface area contributed by atoms with Crippen LogP contribution < -0.4 is 16.0 Å². The van der Waals surface area contributed by atoms with E-state index in [1.165, 1.54) is 6.92 Å². The van der Waals surface area contributed by atoms with Gasteiger partial charge in [-0.25, -0.2) is 0 Å². The van der Waals surface area contributed by atoms with Gasteiger partial charge in [-0.15, -0.1) is 0 Å². The lowest BCUT2D eigenvalue weighted by molar-refractivity contribution is -0.127. The van der Waals surface area contributed by atoms with E-state index in [2.05, 4.69) is 16.0 Å². The van der Waals surface area contributed by atoms with Gasteiger partial charge < -0.3 is 16.0 Å². The Morgan fingerprint density at radius 1 is 1.00 bits per heavy atom. The van der Waals surface area contributed by atoms with Gasteiger partial charge in [0.25, 0.3) is 0 Å². The fourth-order valence-electron chi connectivity index (χ4n) is 2.32. The van der Waals surface area contributed by atoms with Crippen molar-refractivity contribution in [2.24, 2.45) is 0 Å². The van der Waals surface area contributed by atoms with Gasteiger partial charge in [0.05, 0.1) is 12.6 Å². The maximum atomic E-state index is 12.2. The highest BCUT2D eigenvalue weighted by Gasteiger charge is 2.22. The Balaban J connectivity index is 2.61. The van der Waals surface area contributed by atoms with E-state index in [4.69, 9.17) is 0 Å². The second-order valence-corrected chi connectivity index (χ2v) is 6.21. The number of benzene rings is 1. The van der Waals surface area contributed by atoms with Crippen LogP contribution in [0.4, 0.5) is 11.4 Å². The van der Waals surface area contributed by atoms with Crippen molar-refractivity contribution in [3.05, 3.63) is 24.3 Å². The molecule has 7 heteroatoms. The molecule has 0 aliphatic carbocycles. The summed E-state index contributed by atoms with van der Waals surface area (Å²) in [5.41, 5.74) is 1.30. The molecule has 1 aromatic carbocycles. The monoisotopic (exact) mass is 348 g/mol. The molecule has 1 atom stereocenters. The molecule has 0 heterocycles. The molecule has 0 spiro atoms. The lowest BCUT2D eigenvalue weighted by Gasteiger charge is -2.27. The van der Waals surface area contributed by atoms with E-state index in [9.17, 15) is 14.4 Å². The zero-order valence-electron chi connectivity index (χ0n) is 15.6. The second-order valence-electron chi connectivity index (χ2n) is 6.21. The van der Waals surface area contributed by atoms with E-state index < -0.39 is 0 Å². The quantitative estimate of drug-likeness (QED) is 0.668. The standard InChI is InChI=1S/C18H28N4O3/c1-6-22(13(4)18(25)19-12(2)3)11-17(24)21-16-9-7-15(8-10-16)20-14(5)23/h7-10,12-13H,6,11H2,1-5H3,(H,19,25)(H,20,23)(H,21,24)/t13-/m1/s1. The van der Waals surface area contributed by atoms with Crippen LogP contribution in [0.3, 0.4) is 0 Å². The van der Waals surface area contributed by atoms with Gasteiger partial charge in [0, 0.05) is 24.3 Å². The number of anilines is 2. The van der Waals surface area contributed by atoms with Gasteiger partial charge in [-0.3, -0.25) is 19.3 Å². The van der Waals surface area contributed by atoms with Crippen molar-refractivity contribution in [3.8, 4) is 0 Å². The lowest BCUT2D eigenvalue weighted by atomic mass is 10.2. The number of carbonyl (C=O) groups excluding carboxylic acids is 3. The summed E-state index contributed by atoms with van der Waals surface area (Å²) in [6.07, 6.45) is 0. The summed E-state index contributed by atoms with van der Waals surface area (Å²) < 4.78 is 0. The van der Waals surface area contributed by atoms with E-state index in [0.717, 1.165) is 0 Å². The molecule has 138 valence electrons. The SMILES string of the molecule is CCN(CC(=O)Nc1ccc(NC(C)=O)cc1)[C@H](C)C(=O)NC(C)C. The highest BCUT2D eigenvalue weighted by atomic mass is 16.2. The topological polar surface area (TPSA) is 90.5 Å². The minimum atomic E-state index is -0.389. The van der Waals surface area contributed by atoms with Crippen molar-refractivity contribution in [1.82, 2.24) is 10.2 Å². The number of nitrogens with one attached hydrogen (secondary N) is 3. The zero-order valence-corrected chi connectivity index (χ0v) is 15.6. The number of carbonyl (C=O) groups is 3. The number of nitrogens with zero attached hydrogens (tertiary/aromatic N) is 1. The molecule has 0 saturated heterocycles. The predicted molar refractivity (Wildman–Crippen MR) is 99.4 cm³/mol. The Morgan fingerprint density at radius 3 is 1.96 bits per heavy atom. The smallest absolute Gasteiger partial charge is 0.238 e. The number of hydrogen-bond acceptors (Lipinski definition) is 4. The molecule has 0 unspecified atom stereocenters. The van der Waals surface area contributed by atoms with Crippen LogP contribution in [0, 0.1) is 0 Å². The molecule has 3 N–H and O–H groups in total. The highest BCUT2D eigenvalue weighted by molar-refractivity contribution is 5.93. The van der Waals surface area contributed by atoms with Crippen molar-refractivity contribution < 1.29 is 14.4 Å². The Kier molecular flexibility index (Phi) is 8.07. The van der Waals surface area contributed by atoms with Crippen LogP contribution in [-0.2, 0) is 14.4 Å². The molecule has 0 aliphatic rings. The van der Waals surface area contributed by atoms with E-state index in [0.29, 0.717) is 17.9 Å². The molecule has 0 bridgehead atoms. The number of likely N-dealkylation sites (N-methyl/N-ethyl adjacent to an activating group) is 1. The van der Waals surface area contributed by atoms with Crippen LogP contribution in [0.5, 0.6) is 0 Å². The van der Waals surface area contributed by atoms with Gasteiger partial charge in [-0.05, 0) is 51.6 Å². The maximum Gasteiger partial charge on any atom is 0.238 e. The lowest BCUT2D eigenvalue weighted by Crippen LogP contribution is -2.49. The molecular formula is C18H28N4O3. The fourth-order valence-corrected chi connectivity index (χ4v) is 2.32. The van der Waals surface area contributed by atoms with Crippen LogP contribution in [0.2, 0.25) is 0 Å². The van der Waals surface area contributed by atoms with Gasteiger partial charge in [0.2, 0.25) is 17.7 Å². The summed E-state index contributed by atoms with van der Waals surface area (Å²) >= 11 is 0. The van der Waals surface area contributed by atoms with E-state index >= 15 is 0 Å². The third-order valence-corrected chi connectivity index (χ3v) is 3.60. The summed E-state index contributed by atoms with van der Waals surface area (Å²) in [4.78, 5) is 37.1. The van der Waals surface area contributed by atoms with E-state index in [-0.39, 0.29) is 36.3 Å². The Hall–Kier alpha value is -2.41. The Bertz CT molecular complexity index is 599. The van der Waals surface area contributed by atoms with Crippen molar-refractivity contribution in [1.29, 1.82) is 0 Å². The predicted octanol–water partition coefficient (Wildman–Crippen LogP) is 1.82. The average molecular weight is 348 g/mol. The summed E-state index contributed by atoms with van der Waals surface area (Å²) in [5.74, 6) is -0.438. The van der Waals surface area contributed by atoms with Gasteiger partial charge in [0.15, 0.2) is 0 Å². The first-order valence-corrected chi connectivity index (χ1v) is 8.44. The second kappa shape index (κ2) is 9.78. The molecule has 0 fully saturated rings. The zero-order chi connectivity index (χ0) is 19.0. The van der Waals surface area contributed by atoms with Crippen LogP contribution in [0.25, 0.3) is 0 Å². The van der Waals surface area contributed by atoms with Crippen molar-refractivity contribution in [2.45, 2.75) is 46.7 Å². The van der Waals surface area contributed by atoms with Gasteiger partial charge in [-0.1, -0.05) is 6.92 Å². The molecular weight excluding hydrogens is 320 g/mol. The normalized spacial score (nSPS) is 12.0. The first kappa shape index (κ1) is 20.6. The van der Waals surface area contributed by atoms with Gasteiger partial charge in [-0.2, -0.15) is 0 Å². The molecule has 0 aromatic heterocycles. The maximum absolute atomic E-state index is 12.2. The van der Waals surface area contributed by atoms with Crippen LogP contribution in [0.1, 0.15) is 34.6 Å². The molecule has 25 heavy (non-hydrogen) atoms. The third kappa shape index (κ3) is 7.34. The van der Waals surface area contributed by atoms with Crippen molar-refractivity contribution >= 4 is 29.1 Å². The number of hydrogen-bond donors (Lipinski definition) is 3. The average Bonchev–Trinajstić information content (AvgIpc) is 2.52. The van der Waals surface area contributed by atoms with Crippen molar-refractivity contribution in [3.63, 3.8) is 0 Å². The third-order valence-electron chi connectivity index (χ3n) is 3.60. The first-order chi connectivity index (χ1) is 11.7.